The van der Waals surface area contributed by atoms with Crippen LogP contribution < -0.4 is 0 Å². The van der Waals surface area contributed by atoms with Crippen LogP contribution in [-0.4, -0.2) is 68.5 Å². The van der Waals surface area contributed by atoms with E-state index in [1.807, 2.05) is 6.07 Å². The van der Waals surface area contributed by atoms with Crippen molar-refractivity contribution in [2.45, 2.75) is 74.9 Å². The van der Waals surface area contributed by atoms with Crippen LogP contribution in [0.2, 0.25) is 5.02 Å². The summed E-state index contributed by atoms with van der Waals surface area (Å²) in [6.45, 7) is -0.449. The zero-order valence-corrected chi connectivity index (χ0v) is 21.0. The first-order chi connectivity index (χ1) is 17.9. The summed E-state index contributed by atoms with van der Waals surface area (Å²) in [5.41, 5.74) is 0.599. The van der Waals surface area contributed by atoms with E-state index >= 15 is 0 Å². The number of hydrogen-bond donors (Lipinski definition) is 2. The molecule has 0 bridgehead atoms. The van der Waals surface area contributed by atoms with Gasteiger partial charge in [0.25, 0.3) is 0 Å². The van der Waals surface area contributed by atoms with Gasteiger partial charge in [-0.3, -0.25) is 0 Å². The molecule has 0 amide bonds. The van der Waals surface area contributed by atoms with Crippen molar-refractivity contribution in [2.24, 2.45) is 0 Å². The number of benzene rings is 1. The van der Waals surface area contributed by atoms with Gasteiger partial charge in [-0.25, -0.2) is 13.5 Å². The van der Waals surface area contributed by atoms with Gasteiger partial charge in [-0.05, 0) is 25.0 Å². The average Bonchev–Trinajstić information content (AvgIpc) is 3.58. The van der Waals surface area contributed by atoms with Crippen molar-refractivity contribution >= 4 is 11.6 Å². The maximum absolute atomic E-state index is 14.5. The molecule has 12 heteroatoms. The number of methoxy groups -OCH3 is 1. The number of aromatic nitrogens is 4. The number of halogens is 3. The lowest BCUT2D eigenvalue weighted by molar-refractivity contribution is -0.212. The molecular weight excluding hydrogens is 510 g/mol. The smallest absolute Gasteiger partial charge is 0.178 e. The average molecular weight is 539 g/mol. The molecule has 1 aliphatic heterocycles. The molecule has 2 aromatic heterocycles. The van der Waals surface area contributed by atoms with E-state index in [0.717, 1.165) is 18.6 Å². The quantitative estimate of drug-likeness (QED) is 0.436. The molecule has 1 aromatic carbocycles. The van der Waals surface area contributed by atoms with Crippen LogP contribution >= 0.6 is 11.6 Å². The highest BCUT2D eigenvalue weighted by Crippen LogP contribution is 2.36. The Bertz CT molecular complexity index is 1220. The molecular formula is C25H29ClF2N4O5. The zero-order valence-electron chi connectivity index (χ0n) is 20.3. The van der Waals surface area contributed by atoms with E-state index in [4.69, 9.17) is 25.6 Å². The number of hydrogen-bond acceptors (Lipinski definition) is 8. The maximum Gasteiger partial charge on any atom is 0.178 e. The summed E-state index contributed by atoms with van der Waals surface area (Å²) in [6, 6.07) is 3.63. The third-order valence-corrected chi connectivity index (χ3v) is 7.65. The first kappa shape index (κ1) is 26.2. The monoisotopic (exact) mass is 538 g/mol. The first-order valence-electron chi connectivity index (χ1n) is 12.4. The Hall–Kier alpha value is -2.44. The van der Waals surface area contributed by atoms with Gasteiger partial charge >= 0.3 is 0 Å². The molecule has 200 valence electrons. The Labute approximate surface area is 217 Å². The molecule has 2 aliphatic rings. The lowest BCUT2D eigenvalue weighted by Gasteiger charge is -2.43. The fourth-order valence-corrected chi connectivity index (χ4v) is 5.56. The van der Waals surface area contributed by atoms with Gasteiger partial charge in [0.2, 0.25) is 0 Å². The summed E-state index contributed by atoms with van der Waals surface area (Å²) in [4.78, 5) is 0. The van der Waals surface area contributed by atoms with Crippen molar-refractivity contribution in [1.82, 2.24) is 20.2 Å². The Kier molecular flexibility index (Phi) is 7.87. The molecule has 2 N–H and O–H groups in total. The third kappa shape index (κ3) is 5.15. The number of nitrogens with zero attached hydrogens (tertiary/aromatic N) is 4. The van der Waals surface area contributed by atoms with Gasteiger partial charge in [-0.2, -0.15) is 0 Å². The standard InChI is InChI=1S/C25H29ClF2N4O5/c1-35-25-19(10-14-9-18(37-30-14)13-5-3-2-4-6-13)36-20(12-33)24(34)23(25)32-11-17(29-31-32)15-7-8-16(26)22(28)21(15)27/h7-9,11,13,19-20,23-25,33-34H,2-6,10,12H2,1H3/t19-,20-,23+,24+,25+/m1/s1. The summed E-state index contributed by atoms with van der Waals surface area (Å²) >= 11 is 5.66. The predicted octanol–water partition coefficient (Wildman–Crippen LogP) is 3.83. The van der Waals surface area contributed by atoms with Gasteiger partial charge < -0.3 is 24.2 Å². The number of ether oxygens (including phenoxy) is 2. The van der Waals surface area contributed by atoms with Crippen LogP contribution in [0.1, 0.15) is 55.5 Å². The van der Waals surface area contributed by atoms with Crippen LogP contribution in [0.3, 0.4) is 0 Å². The second-order valence-corrected chi connectivity index (χ2v) is 10.1. The molecule has 0 unspecified atom stereocenters. The Morgan fingerprint density at radius 3 is 2.68 bits per heavy atom. The highest BCUT2D eigenvalue weighted by Gasteiger charge is 2.47. The fourth-order valence-electron chi connectivity index (χ4n) is 5.41. The van der Waals surface area contributed by atoms with E-state index in [0.29, 0.717) is 18.0 Å². The largest absolute Gasteiger partial charge is 0.394 e. The number of rotatable bonds is 7. The van der Waals surface area contributed by atoms with Crippen molar-refractivity contribution < 1.29 is 33.0 Å². The lowest BCUT2D eigenvalue weighted by Crippen LogP contribution is -2.57. The second kappa shape index (κ2) is 11.1. The van der Waals surface area contributed by atoms with Gasteiger partial charge in [0, 0.05) is 31.1 Å². The summed E-state index contributed by atoms with van der Waals surface area (Å²) in [5.74, 6) is -1.13. The van der Waals surface area contributed by atoms with Crippen molar-refractivity contribution in [1.29, 1.82) is 0 Å². The molecule has 1 saturated heterocycles. The van der Waals surface area contributed by atoms with Crippen LogP contribution in [-0.2, 0) is 15.9 Å². The molecule has 1 saturated carbocycles. The summed E-state index contributed by atoms with van der Waals surface area (Å²) in [5, 5.41) is 32.9. The molecule has 0 spiro atoms. The Balaban J connectivity index is 1.41. The first-order valence-corrected chi connectivity index (χ1v) is 12.8. The van der Waals surface area contributed by atoms with Gasteiger partial charge in [-0.15, -0.1) is 5.10 Å². The summed E-state index contributed by atoms with van der Waals surface area (Å²) in [6.07, 6.45) is 3.92. The third-order valence-electron chi connectivity index (χ3n) is 7.36. The molecule has 5 atom stereocenters. The molecule has 3 aromatic rings. The minimum atomic E-state index is -1.22. The minimum Gasteiger partial charge on any atom is -0.394 e. The summed E-state index contributed by atoms with van der Waals surface area (Å²) < 4.78 is 47.2. The Morgan fingerprint density at radius 1 is 1.16 bits per heavy atom. The van der Waals surface area contributed by atoms with Crippen molar-refractivity contribution in [2.75, 3.05) is 13.7 Å². The molecule has 9 nitrogen and oxygen atoms in total. The van der Waals surface area contributed by atoms with Crippen LogP contribution in [0.5, 0.6) is 0 Å². The van der Waals surface area contributed by atoms with E-state index in [1.54, 1.807) is 0 Å². The highest BCUT2D eigenvalue weighted by molar-refractivity contribution is 6.30. The van der Waals surface area contributed by atoms with Gasteiger partial charge in [0.1, 0.15) is 35.8 Å². The number of aliphatic hydroxyl groups excluding tert-OH is 2. The van der Waals surface area contributed by atoms with Gasteiger partial charge in [-0.1, -0.05) is 41.2 Å². The molecule has 5 rings (SSSR count). The van der Waals surface area contributed by atoms with Crippen molar-refractivity contribution in [3.05, 3.63) is 52.5 Å². The minimum absolute atomic E-state index is 0.0485. The molecule has 2 fully saturated rings. The zero-order chi connectivity index (χ0) is 26.1. The Morgan fingerprint density at radius 2 is 1.95 bits per heavy atom. The predicted molar refractivity (Wildman–Crippen MR) is 128 cm³/mol. The fraction of sp³-hybridized carbons (Fsp3) is 0.560. The maximum atomic E-state index is 14.5. The van der Waals surface area contributed by atoms with Crippen LogP contribution in [0, 0.1) is 11.6 Å². The van der Waals surface area contributed by atoms with E-state index in [1.165, 1.54) is 49.4 Å². The van der Waals surface area contributed by atoms with Crippen molar-refractivity contribution in [3.63, 3.8) is 0 Å². The van der Waals surface area contributed by atoms with E-state index in [2.05, 4.69) is 15.5 Å². The van der Waals surface area contributed by atoms with E-state index in [9.17, 15) is 19.0 Å². The molecule has 0 radical (unpaired) electrons. The van der Waals surface area contributed by atoms with E-state index < -0.39 is 48.7 Å². The second-order valence-electron chi connectivity index (χ2n) is 9.64. The van der Waals surface area contributed by atoms with Crippen molar-refractivity contribution in [3.8, 4) is 11.3 Å². The molecule has 1 aliphatic carbocycles. The molecule has 3 heterocycles. The normalized spacial score (nSPS) is 27.0. The van der Waals surface area contributed by atoms with Gasteiger partial charge in [0.05, 0.1) is 29.6 Å². The topological polar surface area (TPSA) is 116 Å². The SMILES string of the molecule is CO[C@@H]1[C@@H](n2cc(-c3ccc(Cl)c(F)c3F)nn2)[C@@H](O)[C@@H](CO)O[C@@H]1Cc1cc(C2CCCCC2)on1. The lowest BCUT2D eigenvalue weighted by atomic mass is 9.87. The van der Waals surface area contributed by atoms with Crippen LogP contribution in [0.4, 0.5) is 8.78 Å². The van der Waals surface area contributed by atoms with Crippen LogP contribution in [0.15, 0.2) is 28.9 Å². The number of aliphatic hydroxyl groups is 2. The van der Waals surface area contributed by atoms with E-state index in [-0.39, 0.29) is 16.3 Å². The summed E-state index contributed by atoms with van der Waals surface area (Å²) in [7, 11) is 1.47. The van der Waals surface area contributed by atoms with Crippen LogP contribution in [0.25, 0.3) is 11.3 Å². The highest BCUT2D eigenvalue weighted by atomic mass is 35.5. The van der Waals surface area contributed by atoms with Gasteiger partial charge in [0.15, 0.2) is 11.6 Å². The molecule has 37 heavy (non-hydrogen) atoms.